The molecule has 1 aliphatic heterocycles. The van der Waals surface area contributed by atoms with Gasteiger partial charge >= 0.3 is 5.97 Å². The molecule has 1 aromatic rings. The summed E-state index contributed by atoms with van der Waals surface area (Å²) in [6, 6.07) is 9.28. The van der Waals surface area contributed by atoms with Crippen LogP contribution in [0.5, 0.6) is 0 Å². The standard InChI is InChI=1S/C20H31NO4Si/c1-14(24-13-15-11-9-8-10-12-15)17-16(18(22)23-5)21-19(25-17)26(6,7)20(2,3)4/h8-12,14,16-17H,13H2,1-7H3/t14-,16-,17+/m0/s1. The maximum Gasteiger partial charge on any atom is 0.334 e. The van der Waals surface area contributed by atoms with Crippen molar-refractivity contribution in [2.45, 2.75) is 70.7 Å². The molecular formula is C20H31NO4Si. The molecule has 0 fully saturated rings. The van der Waals surface area contributed by atoms with E-state index in [1.54, 1.807) is 0 Å². The van der Waals surface area contributed by atoms with E-state index in [0.717, 1.165) is 11.1 Å². The van der Waals surface area contributed by atoms with Gasteiger partial charge in [0.15, 0.2) is 25.7 Å². The molecule has 0 unspecified atom stereocenters. The van der Waals surface area contributed by atoms with E-state index < -0.39 is 20.2 Å². The van der Waals surface area contributed by atoms with E-state index in [1.807, 2.05) is 37.3 Å². The lowest BCUT2D eigenvalue weighted by Gasteiger charge is -2.36. The first-order chi connectivity index (χ1) is 12.1. The summed E-state index contributed by atoms with van der Waals surface area (Å²) in [6.07, 6.45) is -0.749. The summed E-state index contributed by atoms with van der Waals surface area (Å²) in [6.45, 7) is 13.4. The summed E-state index contributed by atoms with van der Waals surface area (Å²) in [7, 11) is -0.599. The molecule has 1 aromatic carbocycles. The number of rotatable bonds is 6. The fourth-order valence-electron chi connectivity index (χ4n) is 2.61. The van der Waals surface area contributed by atoms with Gasteiger partial charge in [-0.2, -0.15) is 0 Å². The third kappa shape index (κ3) is 4.35. The Morgan fingerprint density at radius 3 is 2.42 bits per heavy atom. The van der Waals surface area contributed by atoms with Crippen LogP contribution in [0.15, 0.2) is 35.3 Å². The number of carbonyl (C=O) groups is 1. The van der Waals surface area contributed by atoms with Crippen molar-refractivity contribution in [3.8, 4) is 0 Å². The van der Waals surface area contributed by atoms with Gasteiger partial charge in [-0.05, 0) is 17.5 Å². The fraction of sp³-hybridized carbons (Fsp3) is 0.600. The highest BCUT2D eigenvalue weighted by Crippen LogP contribution is 2.39. The molecule has 5 nitrogen and oxygen atoms in total. The van der Waals surface area contributed by atoms with E-state index in [4.69, 9.17) is 14.2 Å². The monoisotopic (exact) mass is 377 g/mol. The number of nitrogens with zero attached hydrogens (tertiary/aromatic N) is 1. The minimum Gasteiger partial charge on any atom is -0.477 e. The van der Waals surface area contributed by atoms with Crippen LogP contribution in [0.25, 0.3) is 0 Å². The molecule has 144 valence electrons. The average Bonchev–Trinajstić information content (AvgIpc) is 3.05. The first-order valence-corrected chi connectivity index (χ1v) is 12.1. The molecule has 0 spiro atoms. The third-order valence-electron chi connectivity index (χ3n) is 5.49. The molecule has 0 saturated heterocycles. The van der Waals surface area contributed by atoms with Crippen LogP contribution < -0.4 is 0 Å². The third-order valence-corrected chi connectivity index (χ3v) is 10.6. The van der Waals surface area contributed by atoms with Crippen LogP contribution in [0.1, 0.15) is 33.3 Å². The number of ether oxygens (including phenoxy) is 3. The number of hydrogen-bond donors (Lipinski definition) is 0. The zero-order valence-corrected chi connectivity index (χ0v) is 17.9. The smallest absolute Gasteiger partial charge is 0.334 e. The van der Waals surface area contributed by atoms with Gasteiger partial charge < -0.3 is 14.2 Å². The minimum atomic E-state index is -1.98. The Morgan fingerprint density at radius 2 is 1.88 bits per heavy atom. The maximum absolute atomic E-state index is 12.3. The number of carbonyl (C=O) groups excluding carboxylic acids is 1. The molecule has 0 aliphatic carbocycles. The summed E-state index contributed by atoms with van der Waals surface area (Å²) < 4.78 is 17.2. The summed E-state index contributed by atoms with van der Waals surface area (Å²) in [5, 5.41) is 0.0650. The van der Waals surface area contributed by atoms with Crippen molar-refractivity contribution in [3.05, 3.63) is 35.9 Å². The van der Waals surface area contributed by atoms with E-state index in [9.17, 15) is 4.79 Å². The highest BCUT2D eigenvalue weighted by molar-refractivity contribution is 7.06. The first-order valence-electron chi connectivity index (χ1n) is 9.06. The van der Waals surface area contributed by atoms with Crippen LogP contribution in [-0.4, -0.2) is 44.9 Å². The average molecular weight is 378 g/mol. The molecule has 1 aliphatic rings. The predicted octanol–water partition coefficient (Wildman–Crippen LogP) is 3.98. The number of methoxy groups -OCH3 is 1. The van der Waals surface area contributed by atoms with E-state index in [2.05, 4.69) is 38.9 Å². The Morgan fingerprint density at radius 1 is 1.27 bits per heavy atom. The quantitative estimate of drug-likeness (QED) is 0.556. The lowest BCUT2D eigenvalue weighted by molar-refractivity contribution is -0.146. The van der Waals surface area contributed by atoms with E-state index in [0.29, 0.717) is 6.61 Å². The zero-order valence-electron chi connectivity index (χ0n) is 16.9. The van der Waals surface area contributed by atoms with Gasteiger partial charge in [0.2, 0.25) is 0 Å². The topological polar surface area (TPSA) is 57.1 Å². The highest BCUT2D eigenvalue weighted by Gasteiger charge is 2.50. The molecule has 6 heteroatoms. The second-order valence-corrected chi connectivity index (χ2v) is 13.5. The van der Waals surface area contributed by atoms with Gasteiger partial charge in [-0.3, -0.25) is 0 Å². The molecule has 26 heavy (non-hydrogen) atoms. The van der Waals surface area contributed by atoms with Gasteiger partial charge in [0.05, 0.1) is 19.8 Å². The lowest BCUT2D eigenvalue weighted by Crippen LogP contribution is -2.48. The maximum atomic E-state index is 12.3. The van der Waals surface area contributed by atoms with Gasteiger partial charge in [0.1, 0.15) is 0 Å². The number of hydrogen-bond acceptors (Lipinski definition) is 5. The van der Waals surface area contributed by atoms with Crippen molar-refractivity contribution in [3.63, 3.8) is 0 Å². The van der Waals surface area contributed by atoms with Crippen LogP contribution in [0.3, 0.4) is 0 Å². The van der Waals surface area contributed by atoms with E-state index in [-0.39, 0.29) is 17.1 Å². The SMILES string of the molecule is COC(=O)[C@H]1N=C([Si](C)(C)C(C)(C)C)O[C@@H]1[C@H](C)OCc1ccccc1. The normalized spacial score (nSPS) is 21.7. The Hall–Kier alpha value is -1.66. The Balaban J connectivity index is 2.15. The van der Waals surface area contributed by atoms with Crippen molar-refractivity contribution >= 4 is 19.6 Å². The summed E-state index contributed by atoms with van der Waals surface area (Å²) >= 11 is 0. The van der Waals surface area contributed by atoms with Gasteiger partial charge in [0, 0.05) is 0 Å². The summed E-state index contributed by atoms with van der Waals surface area (Å²) in [5.41, 5.74) is 1.80. The van der Waals surface area contributed by atoms with Crippen molar-refractivity contribution in [1.82, 2.24) is 0 Å². The van der Waals surface area contributed by atoms with Crippen LogP contribution in [-0.2, 0) is 25.6 Å². The summed E-state index contributed by atoms with van der Waals surface area (Å²) in [4.78, 5) is 16.9. The highest BCUT2D eigenvalue weighted by atomic mass is 28.3. The van der Waals surface area contributed by atoms with Crippen molar-refractivity contribution in [1.29, 1.82) is 0 Å². The molecule has 0 radical (unpaired) electrons. The molecule has 0 amide bonds. The van der Waals surface area contributed by atoms with Crippen LogP contribution >= 0.6 is 0 Å². The lowest BCUT2D eigenvalue weighted by atomic mass is 10.1. The van der Waals surface area contributed by atoms with Gasteiger partial charge in [0.25, 0.3) is 0 Å². The largest absolute Gasteiger partial charge is 0.477 e. The van der Waals surface area contributed by atoms with Crippen molar-refractivity contribution < 1.29 is 19.0 Å². The molecule has 0 aromatic heterocycles. The molecule has 1 heterocycles. The van der Waals surface area contributed by atoms with Crippen LogP contribution in [0, 0.1) is 0 Å². The molecule has 2 rings (SSSR count). The second kappa shape index (κ2) is 7.92. The minimum absolute atomic E-state index is 0.0650. The van der Waals surface area contributed by atoms with Crippen LogP contribution in [0.2, 0.25) is 18.1 Å². The molecule has 3 atom stereocenters. The zero-order chi connectivity index (χ0) is 19.5. The number of benzene rings is 1. The fourth-order valence-corrected chi connectivity index (χ4v) is 4.14. The van der Waals surface area contributed by atoms with Gasteiger partial charge in [-0.1, -0.05) is 64.2 Å². The summed E-state index contributed by atoms with van der Waals surface area (Å²) in [5.74, 6) is -0.376. The predicted molar refractivity (Wildman–Crippen MR) is 106 cm³/mol. The van der Waals surface area contributed by atoms with Gasteiger partial charge in [-0.25, -0.2) is 9.79 Å². The molecule has 0 bridgehead atoms. The van der Waals surface area contributed by atoms with Crippen molar-refractivity contribution in [2.75, 3.05) is 7.11 Å². The van der Waals surface area contributed by atoms with E-state index in [1.165, 1.54) is 7.11 Å². The first kappa shape index (κ1) is 20.6. The number of aliphatic imine (C=N–C) groups is 1. The Bertz CT molecular complexity index is 652. The number of esters is 1. The van der Waals surface area contributed by atoms with Crippen molar-refractivity contribution in [2.24, 2.45) is 4.99 Å². The van der Waals surface area contributed by atoms with Gasteiger partial charge in [-0.15, -0.1) is 0 Å². The molecule has 0 N–H and O–H groups in total. The Labute approximate surface area is 157 Å². The molecule has 0 saturated carbocycles. The molecular weight excluding hydrogens is 346 g/mol. The second-order valence-electron chi connectivity index (χ2n) is 8.36. The van der Waals surface area contributed by atoms with Crippen LogP contribution in [0.4, 0.5) is 0 Å². The van der Waals surface area contributed by atoms with E-state index >= 15 is 0 Å². The Kier molecular flexibility index (Phi) is 6.29.